The second-order valence-corrected chi connectivity index (χ2v) is 6.08. The average molecular weight is 335 g/mol. The molecule has 2 atom stereocenters. The summed E-state index contributed by atoms with van der Waals surface area (Å²) in [6.45, 7) is 1.84. The number of hydrogen-bond donors (Lipinski definition) is 1. The maximum atomic E-state index is 12.2. The Bertz CT molecular complexity index is 587. The lowest BCUT2D eigenvalue weighted by Gasteiger charge is -2.29. The van der Waals surface area contributed by atoms with Crippen LogP contribution in [-0.2, 0) is 9.53 Å². The van der Waals surface area contributed by atoms with Crippen LogP contribution >= 0.6 is 0 Å². The molecular formula is C18H25NO5. The molecule has 0 radical (unpaired) electrons. The number of hydrogen-bond acceptors (Lipinski definition) is 5. The first-order valence-corrected chi connectivity index (χ1v) is 8.23. The van der Waals surface area contributed by atoms with Gasteiger partial charge in [0.25, 0.3) is 5.91 Å². The Morgan fingerprint density at radius 2 is 1.92 bits per heavy atom. The van der Waals surface area contributed by atoms with Crippen molar-refractivity contribution in [2.45, 2.75) is 38.6 Å². The highest BCUT2D eigenvalue weighted by Gasteiger charge is 2.23. The molecule has 1 aliphatic carbocycles. The highest BCUT2D eigenvalue weighted by Crippen LogP contribution is 2.25. The van der Waals surface area contributed by atoms with E-state index in [1.165, 1.54) is 20.6 Å². The summed E-state index contributed by atoms with van der Waals surface area (Å²) in [6, 6.07) is 4.96. The van der Waals surface area contributed by atoms with Crippen LogP contribution in [0.1, 0.15) is 43.0 Å². The zero-order chi connectivity index (χ0) is 17.5. The van der Waals surface area contributed by atoms with Crippen molar-refractivity contribution in [3.8, 4) is 11.5 Å². The van der Waals surface area contributed by atoms with E-state index < -0.39 is 5.97 Å². The largest absolute Gasteiger partial charge is 0.497 e. The third-order valence-corrected chi connectivity index (χ3v) is 4.42. The van der Waals surface area contributed by atoms with E-state index in [1.54, 1.807) is 18.2 Å². The molecule has 1 fully saturated rings. The Labute approximate surface area is 142 Å². The van der Waals surface area contributed by atoms with E-state index in [0.717, 1.165) is 19.3 Å². The minimum Gasteiger partial charge on any atom is -0.497 e. The zero-order valence-electron chi connectivity index (χ0n) is 14.5. The lowest BCUT2D eigenvalue weighted by Crippen LogP contribution is -2.42. The quantitative estimate of drug-likeness (QED) is 0.809. The monoisotopic (exact) mass is 335 g/mol. The number of esters is 1. The molecule has 0 aromatic heterocycles. The van der Waals surface area contributed by atoms with Crippen molar-refractivity contribution in [2.75, 3.05) is 20.8 Å². The zero-order valence-corrected chi connectivity index (χ0v) is 14.5. The number of methoxy groups -OCH3 is 2. The Morgan fingerprint density at radius 1 is 1.17 bits per heavy atom. The fourth-order valence-electron chi connectivity index (χ4n) is 2.96. The Balaban J connectivity index is 1.89. The van der Waals surface area contributed by atoms with Gasteiger partial charge in [0.15, 0.2) is 6.61 Å². The second-order valence-electron chi connectivity index (χ2n) is 6.08. The van der Waals surface area contributed by atoms with Gasteiger partial charge in [-0.3, -0.25) is 4.79 Å². The number of ether oxygens (including phenoxy) is 3. The molecule has 1 amide bonds. The van der Waals surface area contributed by atoms with E-state index >= 15 is 0 Å². The van der Waals surface area contributed by atoms with Crippen LogP contribution in [0.5, 0.6) is 11.5 Å². The molecule has 0 unspecified atom stereocenters. The van der Waals surface area contributed by atoms with Crippen LogP contribution < -0.4 is 14.8 Å². The molecule has 132 valence electrons. The minimum atomic E-state index is -0.596. The number of amides is 1. The van der Waals surface area contributed by atoms with Gasteiger partial charge in [0.1, 0.15) is 17.1 Å². The summed E-state index contributed by atoms with van der Waals surface area (Å²) >= 11 is 0. The second kappa shape index (κ2) is 8.57. The first-order chi connectivity index (χ1) is 11.5. The third-order valence-electron chi connectivity index (χ3n) is 4.42. The maximum Gasteiger partial charge on any atom is 0.342 e. The summed E-state index contributed by atoms with van der Waals surface area (Å²) in [5.41, 5.74) is 0.261. The Morgan fingerprint density at radius 3 is 2.58 bits per heavy atom. The van der Waals surface area contributed by atoms with Crippen LogP contribution in [-0.4, -0.2) is 38.7 Å². The molecule has 0 aliphatic heterocycles. The fraction of sp³-hybridized carbons (Fsp3) is 0.556. The number of carbonyl (C=O) groups is 2. The first-order valence-electron chi connectivity index (χ1n) is 8.23. The molecule has 2 rings (SSSR count). The minimum absolute atomic E-state index is 0.167. The normalized spacial score (nSPS) is 20.1. The SMILES string of the molecule is COc1ccc(C(=O)OCC(=O)N[C@@H]2CCCC[C@H]2C)c(OC)c1. The highest BCUT2D eigenvalue weighted by atomic mass is 16.5. The van der Waals surface area contributed by atoms with E-state index in [1.807, 2.05) is 0 Å². The first kappa shape index (κ1) is 18.1. The molecule has 1 aliphatic rings. The van der Waals surface area contributed by atoms with Crippen molar-refractivity contribution in [1.82, 2.24) is 5.32 Å². The van der Waals surface area contributed by atoms with Gasteiger partial charge >= 0.3 is 5.97 Å². The van der Waals surface area contributed by atoms with Crippen molar-refractivity contribution in [2.24, 2.45) is 5.92 Å². The van der Waals surface area contributed by atoms with Crippen LogP contribution in [0, 0.1) is 5.92 Å². The maximum absolute atomic E-state index is 12.2. The Kier molecular flexibility index (Phi) is 6.46. The number of nitrogens with one attached hydrogen (secondary N) is 1. The summed E-state index contributed by atoms with van der Waals surface area (Å²) < 4.78 is 15.4. The van der Waals surface area contributed by atoms with Gasteiger partial charge in [-0.1, -0.05) is 19.8 Å². The van der Waals surface area contributed by atoms with Gasteiger partial charge in [-0.25, -0.2) is 4.79 Å². The molecule has 0 saturated heterocycles. The molecule has 1 aromatic rings. The van der Waals surface area contributed by atoms with Gasteiger partial charge in [-0.15, -0.1) is 0 Å². The van der Waals surface area contributed by atoms with E-state index in [2.05, 4.69) is 12.2 Å². The van der Waals surface area contributed by atoms with E-state index in [4.69, 9.17) is 14.2 Å². The van der Waals surface area contributed by atoms with Gasteiger partial charge in [0.2, 0.25) is 0 Å². The van der Waals surface area contributed by atoms with E-state index in [9.17, 15) is 9.59 Å². The summed E-state index contributed by atoms with van der Waals surface area (Å²) in [4.78, 5) is 24.2. The molecule has 0 spiro atoms. The van der Waals surface area contributed by atoms with E-state index in [0.29, 0.717) is 17.4 Å². The summed E-state index contributed by atoms with van der Waals surface area (Å²) in [5.74, 6) is 0.518. The highest BCUT2D eigenvalue weighted by molar-refractivity contribution is 5.94. The summed E-state index contributed by atoms with van der Waals surface area (Å²) in [5, 5.41) is 2.95. The predicted molar refractivity (Wildman–Crippen MR) is 89.4 cm³/mol. The smallest absolute Gasteiger partial charge is 0.342 e. The standard InChI is InChI=1S/C18H25NO5/c1-12-6-4-5-7-15(12)19-17(20)11-24-18(21)14-9-8-13(22-2)10-16(14)23-3/h8-10,12,15H,4-7,11H2,1-3H3,(H,19,20)/t12-,15-/m1/s1. The summed E-state index contributed by atoms with van der Waals surface area (Å²) in [6.07, 6.45) is 4.43. The van der Waals surface area contributed by atoms with Gasteiger partial charge < -0.3 is 19.5 Å². The predicted octanol–water partition coefficient (Wildman–Crippen LogP) is 2.56. The molecule has 6 nitrogen and oxygen atoms in total. The molecule has 1 aromatic carbocycles. The average Bonchev–Trinajstić information content (AvgIpc) is 2.61. The van der Waals surface area contributed by atoms with Crippen molar-refractivity contribution in [3.05, 3.63) is 23.8 Å². The number of carbonyl (C=O) groups excluding carboxylic acids is 2. The van der Waals surface area contributed by atoms with Gasteiger partial charge in [0, 0.05) is 12.1 Å². The Hall–Kier alpha value is -2.24. The van der Waals surface area contributed by atoms with E-state index in [-0.39, 0.29) is 24.1 Å². The van der Waals surface area contributed by atoms with Gasteiger partial charge in [0.05, 0.1) is 14.2 Å². The van der Waals surface area contributed by atoms with Crippen molar-refractivity contribution in [3.63, 3.8) is 0 Å². The third kappa shape index (κ3) is 4.63. The van der Waals surface area contributed by atoms with Crippen molar-refractivity contribution in [1.29, 1.82) is 0 Å². The van der Waals surface area contributed by atoms with Gasteiger partial charge in [-0.05, 0) is 30.9 Å². The molecule has 1 saturated carbocycles. The van der Waals surface area contributed by atoms with Crippen LogP contribution in [0.15, 0.2) is 18.2 Å². The van der Waals surface area contributed by atoms with Crippen LogP contribution in [0.4, 0.5) is 0 Å². The van der Waals surface area contributed by atoms with Crippen LogP contribution in [0.3, 0.4) is 0 Å². The molecule has 24 heavy (non-hydrogen) atoms. The lowest BCUT2D eigenvalue weighted by atomic mass is 9.86. The molecule has 1 N–H and O–H groups in total. The van der Waals surface area contributed by atoms with Crippen LogP contribution in [0.25, 0.3) is 0 Å². The van der Waals surface area contributed by atoms with Crippen LogP contribution in [0.2, 0.25) is 0 Å². The molecule has 0 bridgehead atoms. The number of benzene rings is 1. The van der Waals surface area contributed by atoms with Crippen molar-refractivity contribution < 1.29 is 23.8 Å². The summed E-state index contributed by atoms with van der Waals surface area (Å²) in [7, 11) is 2.99. The molecule has 0 heterocycles. The molecule has 6 heteroatoms. The topological polar surface area (TPSA) is 73.9 Å². The lowest BCUT2D eigenvalue weighted by molar-refractivity contribution is -0.125. The fourth-order valence-corrected chi connectivity index (χ4v) is 2.96. The van der Waals surface area contributed by atoms with Crippen molar-refractivity contribution >= 4 is 11.9 Å². The van der Waals surface area contributed by atoms with Gasteiger partial charge in [-0.2, -0.15) is 0 Å². The molecular weight excluding hydrogens is 310 g/mol. The number of rotatable bonds is 6.